The highest BCUT2D eigenvalue weighted by Gasteiger charge is 2.12. The smallest absolute Gasteiger partial charge is 0.231 e. The van der Waals surface area contributed by atoms with Crippen LogP contribution in [0.2, 0.25) is 0 Å². The number of hydrogen-bond acceptors (Lipinski definition) is 4. The summed E-state index contributed by atoms with van der Waals surface area (Å²) in [5.74, 6) is 2.48. The van der Waals surface area contributed by atoms with Crippen molar-refractivity contribution < 1.29 is 9.47 Å². The fourth-order valence-electron chi connectivity index (χ4n) is 2.52. The number of nitrogens with zero attached hydrogens (tertiary/aromatic N) is 1. The van der Waals surface area contributed by atoms with Gasteiger partial charge in [-0.3, -0.25) is 4.99 Å². The van der Waals surface area contributed by atoms with Crippen molar-refractivity contribution in [2.75, 3.05) is 20.4 Å². The average molecular weight is 473 g/mol. The lowest BCUT2D eigenvalue weighted by atomic mass is 10.1. The van der Waals surface area contributed by atoms with Crippen molar-refractivity contribution in [2.45, 2.75) is 26.3 Å². The monoisotopic (exact) mass is 473 g/mol. The first-order valence-corrected chi connectivity index (χ1v) is 9.00. The van der Waals surface area contributed by atoms with Crippen LogP contribution in [0.4, 0.5) is 0 Å². The number of aryl methyl sites for hydroxylation is 1. The molecule has 1 aromatic carbocycles. The molecule has 7 heteroatoms. The molecule has 2 aromatic rings. The summed E-state index contributed by atoms with van der Waals surface area (Å²) in [6, 6.07) is 10.4. The normalized spacial score (nSPS) is 12.6. The number of nitrogens with one attached hydrogen (secondary N) is 2. The molecule has 0 spiro atoms. The van der Waals surface area contributed by atoms with Crippen LogP contribution < -0.4 is 20.1 Å². The molecule has 0 atom stereocenters. The molecule has 2 heterocycles. The van der Waals surface area contributed by atoms with Crippen molar-refractivity contribution in [1.29, 1.82) is 0 Å². The zero-order valence-corrected chi connectivity index (χ0v) is 17.6. The van der Waals surface area contributed by atoms with Crippen LogP contribution in [-0.2, 0) is 19.4 Å². The molecule has 1 aliphatic rings. The largest absolute Gasteiger partial charge is 0.454 e. The van der Waals surface area contributed by atoms with E-state index in [4.69, 9.17) is 9.47 Å². The Balaban J connectivity index is 0.00000225. The minimum absolute atomic E-state index is 0. The molecule has 0 saturated carbocycles. The Morgan fingerprint density at radius 3 is 2.68 bits per heavy atom. The molecule has 25 heavy (non-hydrogen) atoms. The van der Waals surface area contributed by atoms with Crippen LogP contribution in [0.25, 0.3) is 0 Å². The van der Waals surface area contributed by atoms with Crippen molar-refractivity contribution >= 4 is 41.3 Å². The second-order valence-corrected chi connectivity index (χ2v) is 6.76. The molecule has 1 aromatic heterocycles. The first-order chi connectivity index (χ1) is 11.8. The number of halogens is 1. The van der Waals surface area contributed by atoms with Gasteiger partial charge in [0.15, 0.2) is 17.5 Å². The van der Waals surface area contributed by atoms with Gasteiger partial charge in [0.05, 0.1) is 6.54 Å². The zero-order valence-electron chi connectivity index (χ0n) is 14.5. The van der Waals surface area contributed by atoms with Crippen molar-refractivity contribution in [3.05, 3.63) is 45.6 Å². The molecule has 0 aliphatic carbocycles. The van der Waals surface area contributed by atoms with E-state index < -0.39 is 0 Å². The molecule has 2 N–H and O–H groups in total. The second kappa shape index (κ2) is 9.86. The Morgan fingerprint density at radius 2 is 1.92 bits per heavy atom. The predicted octanol–water partition coefficient (Wildman–Crippen LogP) is 3.56. The molecule has 0 bridgehead atoms. The standard InChI is InChI=1S/C18H23N3O2S.HI/c1-3-14-5-6-15(24-14)11-21-18(19-2)20-9-8-13-4-7-16-17(10-13)23-12-22-16;/h4-7,10H,3,8-9,11-12H2,1-2H3,(H2,19,20,21);1H. The zero-order chi connectivity index (χ0) is 16.8. The van der Waals surface area contributed by atoms with Crippen molar-refractivity contribution in [2.24, 2.45) is 4.99 Å². The number of benzene rings is 1. The molecule has 3 rings (SSSR count). The molecule has 5 nitrogen and oxygen atoms in total. The number of thiophene rings is 1. The van der Waals surface area contributed by atoms with Gasteiger partial charge in [0.25, 0.3) is 0 Å². The third-order valence-corrected chi connectivity index (χ3v) is 5.09. The van der Waals surface area contributed by atoms with Crippen LogP contribution in [0, 0.1) is 0 Å². The van der Waals surface area contributed by atoms with Crippen LogP contribution in [0.5, 0.6) is 11.5 Å². The van der Waals surface area contributed by atoms with Crippen LogP contribution in [0.15, 0.2) is 35.3 Å². The maximum atomic E-state index is 5.41. The average Bonchev–Trinajstić information content (AvgIpc) is 3.26. The summed E-state index contributed by atoms with van der Waals surface area (Å²) in [6.07, 6.45) is 1.99. The van der Waals surface area contributed by atoms with E-state index in [0.717, 1.165) is 43.4 Å². The van der Waals surface area contributed by atoms with Gasteiger partial charge in [-0.1, -0.05) is 13.0 Å². The molecule has 0 saturated heterocycles. The topological polar surface area (TPSA) is 54.9 Å². The van der Waals surface area contributed by atoms with Gasteiger partial charge in [-0.05, 0) is 42.7 Å². The fraction of sp³-hybridized carbons (Fsp3) is 0.389. The molecule has 0 unspecified atom stereocenters. The van der Waals surface area contributed by atoms with Gasteiger partial charge in [0.2, 0.25) is 6.79 Å². The van der Waals surface area contributed by atoms with Crippen molar-refractivity contribution in [1.82, 2.24) is 10.6 Å². The number of guanidine groups is 1. The first-order valence-electron chi connectivity index (χ1n) is 8.19. The highest BCUT2D eigenvalue weighted by molar-refractivity contribution is 14.0. The van der Waals surface area contributed by atoms with Crippen LogP contribution in [-0.4, -0.2) is 26.3 Å². The minimum Gasteiger partial charge on any atom is -0.454 e. The van der Waals surface area contributed by atoms with E-state index in [1.807, 2.05) is 23.5 Å². The van der Waals surface area contributed by atoms with Gasteiger partial charge in [-0.25, -0.2) is 0 Å². The van der Waals surface area contributed by atoms with Crippen LogP contribution in [0.1, 0.15) is 22.2 Å². The first kappa shape index (κ1) is 19.8. The Hall–Kier alpha value is -1.48. The van der Waals surface area contributed by atoms with Crippen LogP contribution >= 0.6 is 35.3 Å². The Kier molecular flexibility index (Phi) is 7.83. The molecule has 0 amide bonds. The van der Waals surface area contributed by atoms with Gasteiger partial charge in [0.1, 0.15) is 0 Å². The lowest BCUT2D eigenvalue weighted by Gasteiger charge is -2.11. The van der Waals surface area contributed by atoms with Gasteiger partial charge in [-0.15, -0.1) is 35.3 Å². The quantitative estimate of drug-likeness (QED) is 0.383. The number of hydrogen-bond donors (Lipinski definition) is 2. The van der Waals surface area contributed by atoms with Crippen molar-refractivity contribution in [3.63, 3.8) is 0 Å². The lowest BCUT2D eigenvalue weighted by Crippen LogP contribution is -2.37. The summed E-state index contributed by atoms with van der Waals surface area (Å²) in [5.41, 5.74) is 1.22. The van der Waals surface area contributed by atoms with E-state index in [-0.39, 0.29) is 24.0 Å². The summed E-state index contributed by atoms with van der Waals surface area (Å²) in [7, 11) is 1.79. The maximum absolute atomic E-state index is 5.41. The molecule has 0 radical (unpaired) electrons. The molecule has 1 aliphatic heterocycles. The highest BCUT2D eigenvalue weighted by Crippen LogP contribution is 2.32. The summed E-state index contributed by atoms with van der Waals surface area (Å²) >= 11 is 1.85. The Morgan fingerprint density at radius 1 is 1.12 bits per heavy atom. The van der Waals surface area contributed by atoms with E-state index in [2.05, 4.69) is 40.7 Å². The van der Waals surface area contributed by atoms with E-state index in [1.165, 1.54) is 15.3 Å². The number of aliphatic imine (C=N–C) groups is 1. The number of fused-ring (bicyclic) bond motifs is 1. The van der Waals surface area contributed by atoms with E-state index in [9.17, 15) is 0 Å². The summed E-state index contributed by atoms with van der Waals surface area (Å²) in [4.78, 5) is 7.01. The summed E-state index contributed by atoms with van der Waals surface area (Å²) in [6.45, 7) is 4.11. The summed E-state index contributed by atoms with van der Waals surface area (Å²) in [5, 5.41) is 6.70. The fourth-order valence-corrected chi connectivity index (χ4v) is 3.42. The Labute approximate surface area is 169 Å². The second-order valence-electron chi connectivity index (χ2n) is 5.51. The van der Waals surface area contributed by atoms with E-state index in [1.54, 1.807) is 7.05 Å². The van der Waals surface area contributed by atoms with E-state index in [0.29, 0.717) is 6.79 Å². The lowest BCUT2D eigenvalue weighted by molar-refractivity contribution is 0.174. The Bertz CT molecular complexity index is 718. The van der Waals surface area contributed by atoms with Gasteiger partial charge < -0.3 is 20.1 Å². The van der Waals surface area contributed by atoms with Gasteiger partial charge in [0, 0.05) is 23.3 Å². The third-order valence-electron chi connectivity index (χ3n) is 3.86. The van der Waals surface area contributed by atoms with Gasteiger partial charge in [-0.2, -0.15) is 0 Å². The predicted molar refractivity (Wildman–Crippen MR) is 114 cm³/mol. The number of ether oxygens (including phenoxy) is 2. The molecule has 0 fully saturated rings. The third kappa shape index (κ3) is 5.50. The highest BCUT2D eigenvalue weighted by atomic mass is 127. The molecular formula is C18H24IN3O2S. The SMILES string of the molecule is CCc1ccc(CNC(=NC)NCCc2ccc3c(c2)OCO3)s1.I. The van der Waals surface area contributed by atoms with Crippen LogP contribution in [0.3, 0.4) is 0 Å². The molecular weight excluding hydrogens is 449 g/mol. The van der Waals surface area contributed by atoms with Crippen molar-refractivity contribution in [3.8, 4) is 11.5 Å². The summed E-state index contributed by atoms with van der Waals surface area (Å²) < 4.78 is 10.7. The minimum atomic E-state index is 0. The molecule has 136 valence electrons. The maximum Gasteiger partial charge on any atom is 0.231 e. The number of rotatable bonds is 6. The van der Waals surface area contributed by atoms with E-state index >= 15 is 0 Å². The van der Waals surface area contributed by atoms with Gasteiger partial charge >= 0.3 is 0 Å².